The predicted octanol–water partition coefficient (Wildman–Crippen LogP) is 1.88. The SMILES string of the molecule is CCNS(=O)(=O)[C@@H]1CCOC[C@@H]1Cc1ccc(C)cc1. The summed E-state index contributed by atoms with van der Waals surface area (Å²) in [4.78, 5) is 0. The number of benzene rings is 1. The van der Waals surface area contributed by atoms with Gasteiger partial charge in [-0.3, -0.25) is 0 Å². The molecule has 1 N–H and O–H groups in total. The minimum Gasteiger partial charge on any atom is -0.381 e. The van der Waals surface area contributed by atoms with E-state index in [0.29, 0.717) is 26.2 Å². The normalized spacial score (nSPS) is 23.7. The van der Waals surface area contributed by atoms with Crippen molar-refractivity contribution in [3.8, 4) is 0 Å². The molecule has 112 valence electrons. The second-order valence-corrected chi connectivity index (χ2v) is 7.38. The number of rotatable bonds is 5. The first-order chi connectivity index (χ1) is 9.53. The average molecular weight is 297 g/mol. The van der Waals surface area contributed by atoms with Gasteiger partial charge in [-0.2, -0.15) is 0 Å². The van der Waals surface area contributed by atoms with Gasteiger partial charge in [0, 0.05) is 19.1 Å². The number of sulfonamides is 1. The van der Waals surface area contributed by atoms with E-state index in [0.717, 1.165) is 6.42 Å². The molecule has 2 rings (SSSR count). The second-order valence-electron chi connectivity index (χ2n) is 5.39. The third-order valence-electron chi connectivity index (χ3n) is 3.77. The summed E-state index contributed by atoms with van der Waals surface area (Å²) < 4.78 is 32.7. The van der Waals surface area contributed by atoms with Gasteiger partial charge in [0.2, 0.25) is 10.0 Å². The van der Waals surface area contributed by atoms with Crippen LogP contribution in [0.25, 0.3) is 0 Å². The minimum absolute atomic E-state index is 0.0236. The fourth-order valence-electron chi connectivity index (χ4n) is 2.71. The largest absolute Gasteiger partial charge is 0.381 e. The molecular weight excluding hydrogens is 274 g/mol. The lowest BCUT2D eigenvalue weighted by Crippen LogP contribution is -2.44. The number of ether oxygens (including phenoxy) is 1. The fourth-order valence-corrected chi connectivity index (χ4v) is 4.42. The summed E-state index contributed by atoms with van der Waals surface area (Å²) in [5.74, 6) is 0.0236. The van der Waals surface area contributed by atoms with Gasteiger partial charge in [0.15, 0.2) is 0 Å². The molecule has 1 saturated heterocycles. The van der Waals surface area contributed by atoms with Crippen LogP contribution in [0.3, 0.4) is 0 Å². The van der Waals surface area contributed by atoms with E-state index >= 15 is 0 Å². The van der Waals surface area contributed by atoms with Crippen LogP contribution < -0.4 is 4.72 Å². The Balaban J connectivity index is 2.13. The van der Waals surface area contributed by atoms with Crippen molar-refractivity contribution >= 4 is 10.0 Å². The Morgan fingerprint density at radius 2 is 2.00 bits per heavy atom. The van der Waals surface area contributed by atoms with Crippen LogP contribution in [0.4, 0.5) is 0 Å². The van der Waals surface area contributed by atoms with E-state index in [1.807, 2.05) is 13.8 Å². The van der Waals surface area contributed by atoms with Crippen LogP contribution in [0.15, 0.2) is 24.3 Å². The molecule has 1 fully saturated rings. The first-order valence-electron chi connectivity index (χ1n) is 7.14. The molecule has 0 radical (unpaired) electrons. The van der Waals surface area contributed by atoms with Crippen molar-refractivity contribution in [3.63, 3.8) is 0 Å². The quantitative estimate of drug-likeness (QED) is 0.903. The van der Waals surface area contributed by atoms with E-state index in [-0.39, 0.29) is 11.2 Å². The third kappa shape index (κ3) is 3.81. The van der Waals surface area contributed by atoms with Crippen molar-refractivity contribution in [2.45, 2.75) is 31.9 Å². The highest BCUT2D eigenvalue weighted by molar-refractivity contribution is 7.90. The molecule has 1 heterocycles. The van der Waals surface area contributed by atoms with Gasteiger partial charge in [-0.05, 0) is 25.3 Å². The van der Waals surface area contributed by atoms with Crippen molar-refractivity contribution in [2.24, 2.45) is 5.92 Å². The summed E-state index contributed by atoms with van der Waals surface area (Å²) in [6.07, 6.45) is 1.32. The van der Waals surface area contributed by atoms with Gasteiger partial charge >= 0.3 is 0 Å². The van der Waals surface area contributed by atoms with Crippen molar-refractivity contribution in [3.05, 3.63) is 35.4 Å². The highest BCUT2D eigenvalue weighted by Crippen LogP contribution is 2.25. The van der Waals surface area contributed by atoms with Crippen LogP contribution in [-0.2, 0) is 21.2 Å². The first-order valence-corrected chi connectivity index (χ1v) is 8.69. The summed E-state index contributed by atoms with van der Waals surface area (Å²) in [6.45, 7) is 5.34. The van der Waals surface area contributed by atoms with Crippen molar-refractivity contribution in [1.82, 2.24) is 4.72 Å². The molecule has 4 nitrogen and oxygen atoms in total. The van der Waals surface area contributed by atoms with Crippen molar-refractivity contribution in [1.29, 1.82) is 0 Å². The maximum atomic E-state index is 12.3. The fraction of sp³-hybridized carbons (Fsp3) is 0.600. The molecule has 1 aromatic rings. The molecule has 0 unspecified atom stereocenters. The Labute approximate surface area is 121 Å². The molecule has 2 atom stereocenters. The highest BCUT2D eigenvalue weighted by atomic mass is 32.2. The Morgan fingerprint density at radius 3 is 2.65 bits per heavy atom. The monoisotopic (exact) mass is 297 g/mol. The Kier molecular flexibility index (Phi) is 5.18. The smallest absolute Gasteiger partial charge is 0.214 e. The van der Waals surface area contributed by atoms with Crippen LogP contribution in [-0.4, -0.2) is 33.4 Å². The standard InChI is InChI=1S/C15H23NO3S/c1-3-16-20(17,18)15-8-9-19-11-14(15)10-13-6-4-12(2)5-7-13/h4-7,14-16H,3,8-11H2,1-2H3/t14-,15+/m0/s1. The zero-order valence-electron chi connectivity index (χ0n) is 12.1. The molecule has 0 aromatic heterocycles. The van der Waals surface area contributed by atoms with E-state index in [1.165, 1.54) is 11.1 Å². The van der Waals surface area contributed by atoms with E-state index < -0.39 is 10.0 Å². The van der Waals surface area contributed by atoms with E-state index in [2.05, 4.69) is 29.0 Å². The summed E-state index contributed by atoms with van der Waals surface area (Å²) in [5.41, 5.74) is 2.38. The van der Waals surface area contributed by atoms with Crippen molar-refractivity contribution < 1.29 is 13.2 Å². The summed E-state index contributed by atoms with van der Waals surface area (Å²) in [5, 5.41) is -0.350. The van der Waals surface area contributed by atoms with Gasteiger partial charge in [-0.15, -0.1) is 0 Å². The molecule has 5 heteroatoms. The zero-order valence-corrected chi connectivity index (χ0v) is 12.9. The van der Waals surface area contributed by atoms with Gasteiger partial charge in [-0.25, -0.2) is 13.1 Å². The number of aryl methyl sites for hydroxylation is 1. The molecule has 0 aliphatic carbocycles. The van der Waals surface area contributed by atoms with E-state index in [1.54, 1.807) is 0 Å². The molecule has 0 amide bonds. The lowest BCUT2D eigenvalue weighted by Gasteiger charge is -2.31. The summed E-state index contributed by atoms with van der Waals surface area (Å²) in [7, 11) is -3.24. The van der Waals surface area contributed by atoms with Gasteiger partial charge in [0.25, 0.3) is 0 Å². The van der Waals surface area contributed by atoms with Gasteiger partial charge < -0.3 is 4.74 Å². The van der Waals surface area contributed by atoms with Crippen molar-refractivity contribution in [2.75, 3.05) is 19.8 Å². The highest BCUT2D eigenvalue weighted by Gasteiger charge is 2.35. The lowest BCUT2D eigenvalue weighted by molar-refractivity contribution is 0.0570. The maximum Gasteiger partial charge on any atom is 0.214 e. The van der Waals surface area contributed by atoms with Gasteiger partial charge in [0.1, 0.15) is 0 Å². The van der Waals surface area contributed by atoms with Crippen LogP contribution in [0.5, 0.6) is 0 Å². The van der Waals surface area contributed by atoms with Crippen LogP contribution in [0, 0.1) is 12.8 Å². The molecule has 0 spiro atoms. The van der Waals surface area contributed by atoms with Gasteiger partial charge in [0.05, 0.1) is 11.9 Å². The Hall–Kier alpha value is -0.910. The number of hydrogen-bond acceptors (Lipinski definition) is 3. The van der Waals surface area contributed by atoms with Gasteiger partial charge in [-0.1, -0.05) is 36.8 Å². The maximum absolute atomic E-state index is 12.3. The Morgan fingerprint density at radius 1 is 1.30 bits per heavy atom. The molecule has 1 aliphatic heterocycles. The third-order valence-corrected chi connectivity index (χ3v) is 5.88. The van der Waals surface area contributed by atoms with E-state index in [4.69, 9.17) is 4.74 Å². The number of hydrogen-bond donors (Lipinski definition) is 1. The molecule has 20 heavy (non-hydrogen) atoms. The predicted molar refractivity (Wildman–Crippen MR) is 80.2 cm³/mol. The lowest BCUT2D eigenvalue weighted by atomic mass is 9.93. The topological polar surface area (TPSA) is 55.4 Å². The summed E-state index contributed by atoms with van der Waals surface area (Å²) >= 11 is 0. The van der Waals surface area contributed by atoms with Crippen LogP contribution in [0.1, 0.15) is 24.5 Å². The molecule has 1 aliphatic rings. The minimum atomic E-state index is -3.24. The van der Waals surface area contributed by atoms with Crippen LogP contribution >= 0.6 is 0 Å². The van der Waals surface area contributed by atoms with E-state index in [9.17, 15) is 8.42 Å². The molecule has 0 bridgehead atoms. The van der Waals surface area contributed by atoms with Crippen LogP contribution in [0.2, 0.25) is 0 Å². The Bertz CT molecular complexity index is 525. The molecule has 1 aromatic carbocycles. The molecule has 0 saturated carbocycles. The second kappa shape index (κ2) is 6.70. The molecular formula is C15H23NO3S. The zero-order chi connectivity index (χ0) is 14.6. The summed E-state index contributed by atoms with van der Waals surface area (Å²) in [6, 6.07) is 8.27. The average Bonchev–Trinajstić information content (AvgIpc) is 2.42. The first kappa shape index (κ1) is 15.5. The number of nitrogens with one attached hydrogen (secondary N) is 1.